The van der Waals surface area contributed by atoms with Crippen molar-refractivity contribution in [2.75, 3.05) is 37.7 Å². The normalized spacial score (nSPS) is 32.1. The molecule has 3 atom stereocenters. The van der Waals surface area contributed by atoms with Gasteiger partial charge in [0.2, 0.25) is 0 Å². The molecule has 0 saturated carbocycles. The fourth-order valence-corrected chi connectivity index (χ4v) is 4.49. The van der Waals surface area contributed by atoms with Crippen LogP contribution in [0.3, 0.4) is 0 Å². The third-order valence-electron chi connectivity index (χ3n) is 5.75. The van der Waals surface area contributed by atoms with E-state index < -0.39 is 0 Å². The van der Waals surface area contributed by atoms with Crippen LogP contribution in [-0.4, -0.2) is 61.9 Å². The number of hydrogen-bond acceptors (Lipinski definition) is 4. The molecule has 0 aromatic heterocycles. The summed E-state index contributed by atoms with van der Waals surface area (Å²) in [6, 6.07) is 8.84. The predicted molar refractivity (Wildman–Crippen MR) is 94.0 cm³/mol. The quantitative estimate of drug-likeness (QED) is 0.918. The molecule has 0 aliphatic carbocycles. The second-order valence-electron chi connectivity index (χ2n) is 7.56. The van der Waals surface area contributed by atoms with Crippen LogP contribution in [0, 0.1) is 5.82 Å². The first-order valence-electron chi connectivity index (χ1n) is 9.30. The van der Waals surface area contributed by atoms with E-state index in [1.54, 1.807) is 12.1 Å². The van der Waals surface area contributed by atoms with Gasteiger partial charge in [-0.15, -0.1) is 0 Å². The van der Waals surface area contributed by atoms with E-state index in [0.29, 0.717) is 24.2 Å². The molecule has 132 valence electrons. The molecule has 0 spiro atoms. The van der Waals surface area contributed by atoms with Gasteiger partial charge in [-0.2, -0.15) is 0 Å². The van der Waals surface area contributed by atoms with Gasteiger partial charge in [0, 0.05) is 44.3 Å². The fourth-order valence-electron chi connectivity index (χ4n) is 4.49. The molecule has 1 N–H and O–H groups in total. The molecule has 3 heterocycles. The van der Waals surface area contributed by atoms with Crippen LogP contribution in [0.15, 0.2) is 24.3 Å². The third kappa shape index (κ3) is 3.44. The third-order valence-corrected chi connectivity index (χ3v) is 5.75. The number of ether oxygens (including phenoxy) is 1. The lowest BCUT2D eigenvalue weighted by molar-refractivity contribution is -0.0390. The van der Waals surface area contributed by atoms with Crippen molar-refractivity contribution in [3.05, 3.63) is 30.1 Å². The molecule has 4 rings (SSSR count). The first kappa shape index (κ1) is 16.3. The minimum Gasteiger partial charge on any atom is -0.376 e. The zero-order valence-corrected chi connectivity index (χ0v) is 14.5. The predicted octanol–water partition coefficient (Wildman–Crippen LogP) is 2.25. The van der Waals surface area contributed by atoms with Crippen LogP contribution >= 0.6 is 0 Å². The number of hydrogen-bond donors (Lipinski definition) is 1. The maximum absolute atomic E-state index is 13.9. The summed E-state index contributed by atoms with van der Waals surface area (Å²) in [6.45, 7) is 7.11. The molecule has 0 radical (unpaired) electrons. The summed E-state index contributed by atoms with van der Waals surface area (Å²) in [7, 11) is 0. The Kier molecular flexibility index (Phi) is 4.74. The smallest absolute Gasteiger partial charge is 0.146 e. The highest BCUT2D eigenvalue weighted by Crippen LogP contribution is 2.26. The van der Waals surface area contributed by atoms with Crippen molar-refractivity contribution in [2.45, 2.75) is 50.4 Å². The summed E-state index contributed by atoms with van der Waals surface area (Å²) in [4.78, 5) is 4.77. The summed E-state index contributed by atoms with van der Waals surface area (Å²) >= 11 is 0. The van der Waals surface area contributed by atoms with Crippen molar-refractivity contribution in [3.8, 4) is 0 Å². The second-order valence-corrected chi connectivity index (χ2v) is 7.56. The molecule has 3 fully saturated rings. The van der Waals surface area contributed by atoms with Gasteiger partial charge in [-0.1, -0.05) is 12.1 Å². The lowest BCUT2D eigenvalue weighted by atomic mass is 10.0. The van der Waals surface area contributed by atoms with Crippen LogP contribution in [-0.2, 0) is 4.74 Å². The van der Waals surface area contributed by atoms with E-state index >= 15 is 0 Å². The number of nitrogens with zero attached hydrogens (tertiary/aromatic N) is 2. The molecule has 1 aromatic rings. The molecular formula is C19H28FN3O. The van der Waals surface area contributed by atoms with Crippen LogP contribution in [0.2, 0.25) is 0 Å². The molecule has 5 heteroatoms. The SMILES string of the molecule is C[C@H]1CN2C[C@@H](NC3CCN(c4ccccc4F)CC3)C[C@H]2CO1. The first-order chi connectivity index (χ1) is 11.7. The standard InChI is InChI=1S/C19H28FN3O/c1-14-11-23-12-16(10-17(23)13-24-14)21-15-6-8-22(9-7-15)19-5-3-2-4-18(19)20/h2-5,14-17,21H,6-13H2,1H3/t14-,16-,17-/m0/s1. The van der Waals surface area contributed by atoms with E-state index in [0.717, 1.165) is 51.3 Å². The van der Waals surface area contributed by atoms with Crippen LogP contribution < -0.4 is 10.2 Å². The van der Waals surface area contributed by atoms with Crippen LogP contribution in [0.25, 0.3) is 0 Å². The highest BCUT2D eigenvalue weighted by molar-refractivity contribution is 5.47. The maximum atomic E-state index is 13.9. The number of morpholine rings is 1. The molecule has 3 aliphatic rings. The lowest BCUT2D eigenvalue weighted by Gasteiger charge is -2.35. The minimum absolute atomic E-state index is 0.106. The van der Waals surface area contributed by atoms with E-state index in [1.165, 1.54) is 6.42 Å². The maximum Gasteiger partial charge on any atom is 0.146 e. The average Bonchev–Trinajstić information content (AvgIpc) is 2.97. The Morgan fingerprint density at radius 3 is 2.71 bits per heavy atom. The van der Waals surface area contributed by atoms with Crippen LogP contribution in [0.5, 0.6) is 0 Å². The summed E-state index contributed by atoms with van der Waals surface area (Å²) in [5, 5.41) is 3.86. The topological polar surface area (TPSA) is 27.7 Å². The minimum atomic E-state index is -0.106. The van der Waals surface area contributed by atoms with Gasteiger partial charge in [-0.05, 0) is 38.3 Å². The number of piperidine rings is 1. The van der Waals surface area contributed by atoms with Crippen molar-refractivity contribution < 1.29 is 9.13 Å². The largest absolute Gasteiger partial charge is 0.376 e. The second kappa shape index (κ2) is 6.98. The number of nitrogens with one attached hydrogen (secondary N) is 1. The fraction of sp³-hybridized carbons (Fsp3) is 0.684. The Balaban J connectivity index is 1.27. The molecule has 0 amide bonds. The van der Waals surface area contributed by atoms with Gasteiger partial charge in [0.15, 0.2) is 0 Å². The number of anilines is 1. The van der Waals surface area contributed by atoms with Gasteiger partial charge in [-0.25, -0.2) is 4.39 Å². The van der Waals surface area contributed by atoms with Gasteiger partial charge < -0.3 is 15.0 Å². The van der Waals surface area contributed by atoms with Gasteiger partial charge in [0.25, 0.3) is 0 Å². The Hall–Kier alpha value is -1.17. The van der Waals surface area contributed by atoms with Gasteiger partial charge >= 0.3 is 0 Å². The molecular weight excluding hydrogens is 305 g/mol. The highest BCUT2D eigenvalue weighted by atomic mass is 19.1. The van der Waals surface area contributed by atoms with E-state index in [-0.39, 0.29) is 5.82 Å². The Labute approximate surface area is 144 Å². The number of benzene rings is 1. The zero-order valence-electron chi connectivity index (χ0n) is 14.5. The van der Waals surface area contributed by atoms with E-state index in [2.05, 4.69) is 22.0 Å². The van der Waals surface area contributed by atoms with Crippen LogP contribution in [0.4, 0.5) is 10.1 Å². The molecule has 1 aromatic carbocycles. The highest BCUT2D eigenvalue weighted by Gasteiger charge is 2.37. The average molecular weight is 333 g/mol. The van der Waals surface area contributed by atoms with E-state index in [9.17, 15) is 4.39 Å². The number of para-hydroxylation sites is 1. The summed E-state index contributed by atoms with van der Waals surface area (Å²) < 4.78 is 19.7. The van der Waals surface area contributed by atoms with Crippen molar-refractivity contribution >= 4 is 5.69 Å². The van der Waals surface area contributed by atoms with Crippen molar-refractivity contribution in [1.82, 2.24) is 10.2 Å². The van der Waals surface area contributed by atoms with Gasteiger partial charge in [-0.3, -0.25) is 4.90 Å². The summed E-state index contributed by atoms with van der Waals surface area (Å²) in [5.41, 5.74) is 0.750. The van der Waals surface area contributed by atoms with E-state index in [4.69, 9.17) is 4.74 Å². The monoisotopic (exact) mass is 333 g/mol. The van der Waals surface area contributed by atoms with E-state index in [1.807, 2.05) is 12.1 Å². The lowest BCUT2D eigenvalue weighted by Crippen LogP contribution is -2.47. The molecule has 0 unspecified atom stereocenters. The molecule has 4 nitrogen and oxygen atoms in total. The molecule has 3 saturated heterocycles. The van der Waals surface area contributed by atoms with Gasteiger partial charge in [0.1, 0.15) is 5.82 Å². The molecule has 24 heavy (non-hydrogen) atoms. The Bertz CT molecular complexity index is 561. The Morgan fingerprint density at radius 1 is 1.12 bits per heavy atom. The summed E-state index contributed by atoms with van der Waals surface area (Å²) in [6.07, 6.45) is 3.73. The van der Waals surface area contributed by atoms with Crippen LogP contribution in [0.1, 0.15) is 26.2 Å². The number of halogens is 1. The molecule has 0 bridgehead atoms. The zero-order chi connectivity index (χ0) is 16.5. The van der Waals surface area contributed by atoms with Crippen molar-refractivity contribution in [3.63, 3.8) is 0 Å². The van der Waals surface area contributed by atoms with Gasteiger partial charge in [0.05, 0.1) is 18.4 Å². The first-order valence-corrected chi connectivity index (χ1v) is 9.30. The Morgan fingerprint density at radius 2 is 1.92 bits per heavy atom. The van der Waals surface area contributed by atoms with Crippen molar-refractivity contribution in [1.29, 1.82) is 0 Å². The summed E-state index contributed by atoms with van der Waals surface area (Å²) in [5.74, 6) is -0.106. The number of rotatable bonds is 3. The molecule has 3 aliphatic heterocycles. The number of fused-ring (bicyclic) bond motifs is 1. The van der Waals surface area contributed by atoms with Crippen molar-refractivity contribution in [2.24, 2.45) is 0 Å².